The number of carbonyl (C=O) groups is 2. The first-order valence-electron chi connectivity index (χ1n) is 8.09. The lowest BCUT2D eigenvalue weighted by Gasteiger charge is -2.04. The Kier molecular flexibility index (Phi) is 6.32. The molecule has 134 valence electrons. The predicted molar refractivity (Wildman–Crippen MR) is 112 cm³/mol. The van der Waals surface area contributed by atoms with Gasteiger partial charge in [-0.2, -0.15) is 5.10 Å². The van der Waals surface area contributed by atoms with Crippen molar-refractivity contribution in [1.29, 1.82) is 0 Å². The van der Waals surface area contributed by atoms with E-state index in [0.717, 1.165) is 9.13 Å². The van der Waals surface area contributed by atoms with Crippen LogP contribution in [0.15, 0.2) is 84.0 Å². The zero-order chi connectivity index (χ0) is 19.1. The highest BCUT2D eigenvalue weighted by Crippen LogP contribution is 2.14. The molecule has 3 rings (SSSR count). The van der Waals surface area contributed by atoms with Gasteiger partial charge in [-0.1, -0.05) is 30.3 Å². The Morgan fingerprint density at radius 3 is 2.26 bits per heavy atom. The minimum Gasteiger partial charge on any atom is -0.423 e. The van der Waals surface area contributed by atoms with Gasteiger partial charge >= 0.3 is 5.97 Å². The van der Waals surface area contributed by atoms with Crippen LogP contribution in [-0.2, 0) is 0 Å². The van der Waals surface area contributed by atoms with E-state index in [2.05, 4.69) is 33.1 Å². The van der Waals surface area contributed by atoms with Crippen LogP contribution in [0, 0.1) is 3.57 Å². The predicted octanol–water partition coefficient (Wildman–Crippen LogP) is 4.27. The van der Waals surface area contributed by atoms with Gasteiger partial charge in [0.1, 0.15) is 5.75 Å². The minimum absolute atomic E-state index is 0.273. The summed E-state index contributed by atoms with van der Waals surface area (Å²) in [6.07, 6.45) is 1.52. The number of rotatable bonds is 5. The third-order valence-corrected chi connectivity index (χ3v) is 4.54. The Labute approximate surface area is 170 Å². The van der Waals surface area contributed by atoms with Crippen LogP contribution in [0.3, 0.4) is 0 Å². The summed E-state index contributed by atoms with van der Waals surface area (Å²) in [6.45, 7) is 0. The van der Waals surface area contributed by atoms with Gasteiger partial charge in [0.2, 0.25) is 0 Å². The molecule has 0 saturated heterocycles. The van der Waals surface area contributed by atoms with Crippen LogP contribution >= 0.6 is 22.6 Å². The number of hydrazone groups is 1. The Morgan fingerprint density at radius 1 is 0.889 bits per heavy atom. The third-order valence-electron chi connectivity index (χ3n) is 3.60. The standard InChI is InChI=1S/C21H15IN2O3/c22-19-9-5-4-8-18(19)20(25)24-23-14-15-10-12-17(13-11-15)27-21(26)16-6-2-1-3-7-16/h1-14H,(H,24,25). The lowest BCUT2D eigenvalue weighted by Crippen LogP contribution is -2.18. The Hall–Kier alpha value is -3.00. The molecular weight excluding hydrogens is 455 g/mol. The van der Waals surface area contributed by atoms with Gasteiger partial charge in [0, 0.05) is 3.57 Å². The van der Waals surface area contributed by atoms with Gasteiger partial charge in [-0.25, -0.2) is 10.2 Å². The molecule has 6 heteroatoms. The van der Waals surface area contributed by atoms with Gasteiger partial charge in [-0.15, -0.1) is 0 Å². The molecule has 0 saturated carbocycles. The van der Waals surface area contributed by atoms with E-state index < -0.39 is 5.97 Å². The molecule has 3 aromatic rings. The van der Waals surface area contributed by atoms with Gasteiger partial charge in [-0.05, 0) is 76.7 Å². The fraction of sp³-hybridized carbons (Fsp3) is 0. The highest BCUT2D eigenvalue weighted by Gasteiger charge is 2.08. The fourth-order valence-corrected chi connectivity index (χ4v) is 2.87. The van der Waals surface area contributed by atoms with Crippen LogP contribution in [-0.4, -0.2) is 18.1 Å². The molecule has 0 aromatic heterocycles. The highest BCUT2D eigenvalue weighted by atomic mass is 127. The zero-order valence-electron chi connectivity index (χ0n) is 14.1. The Bertz CT molecular complexity index is 970. The number of nitrogens with one attached hydrogen (secondary N) is 1. The van der Waals surface area contributed by atoms with Crippen LogP contribution in [0.2, 0.25) is 0 Å². The molecule has 0 aliphatic carbocycles. The molecule has 5 nitrogen and oxygen atoms in total. The molecule has 0 aliphatic heterocycles. The number of nitrogens with zero attached hydrogens (tertiary/aromatic N) is 1. The van der Waals surface area contributed by atoms with Crippen molar-refractivity contribution in [3.63, 3.8) is 0 Å². The van der Waals surface area contributed by atoms with Crippen molar-refractivity contribution in [2.24, 2.45) is 5.10 Å². The summed E-state index contributed by atoms with van der Waals surface area (Å²) in [6, 6.07) is 22.9. The topological polar surface area (TPSA) is 67.8 Å². The van der Waals surface area contributed by atoms with Crippen molar-refractivity contribution >= 4 is 40.7 Å². The lowest BCUT2D eigenvalue weighted by atomic mass is 10.2. The molecular formula is C21H15IN2O3. The summed E-state index contributed by atoms with van der Waals surface area (Å²) in [5.41, 5.74) is 4.31. The summed E-state index contributed by atoms with van der Waals surface area (Å²) >= 11 is 2.10. The Balaban J connectivity index is 1.57. The van der Waals surface area contributed by atoms with Crippen molar-refractivity contribution in [3.8, 4) is 5.75 Å². The Morgan fingerprint density at radius 2 is 1.56 bits per heavy atom. The van der Waals surface area contributed by atoms with Crippen molar-refractivity contribution < 1.29 is 14.3 Å². The van der Waals surface area contributed by atoms with E-state index in [1.807, 2.05) is 18.2 Å². The van der Waals surface area contributed by atoms with Crippen LogP contribution in [0.25, 0.3) is 0 Å². The van der Waals surface area contributed by atoms with E-state index in [1.165, 1.54) is 6.21 Å². The molecule has 0 aliphatic rings. The van der Waals surface area contributed by atoms with Gasteiger partial charge in [0.05, 0.1) is 17.3 Å². The van der Waals surface area contributed by atoms with Gasteiger partial charge in [0.25, 0.3) is 5.91 Å². The largest absolute Gasteiger partial charge is 0.423 e. The molecule has 0 spiro atoms. The number of halogens is 1. The van der Waals surface area contributed by atoms with E-state index in [9.17, 15) is 9.59 Å². The van der Waals surface area contributed by atoms with Crippen LogP contribution in [0.5, 0.6) is 5.75 Å². The second-order valence-electron chi connectivity index (χ2n) is 5.50. The van der Waals surface area contributed by atoms with E-state index in [0.29, 0.717) is 16.9 Å². The number of hydrogen-bond acceptors (Lipinski definition) is 4. The second-order valence-corrected chi connectivity index (χ2v) is 6.67. The van der Waals surface area contributed by atoms with Gasteiger partial charge < -0.3 is 4.74 Å². The van der Waals surface area contributed by atoms with E-state index >= 15 is 0 Å². The maximum absolute atomic E-state index is 12.1. The molecule has 3 aromatic carbocycles. The number of ether oxygens (including phenoxy) is 1. The lowest BCUT2D eigenvalue weighted by molar-refractivity contribution is 0.0734. The molecule has 0 fully saturated rings. The summed E-state index contributed by atoms with van der Waals surface area (Å²) in [5, 5.41) is 3.96. The quantitative estimate of drug-likeness (QED) is 0.199. The summed E-state index contributed by atoms with van der Waals surface area (Å²) in [7, 11) is 0. The SMILES string of the molecule is O=C(Oc1ccc(C=NNC(=O)c2ccccc2I)cc1)c1ccccc1. The first kappa shape index (κ1) is 18.8. The average molecular weight is 470 g/mol. The molecule has 0 radical (unpaired) electrons. The fourth-order valence-electron chi connectivity index (χ4n) is 2.23. The number of amides is 1. The number of carbonyl (C=O) groups excluding carboxylic acids is 2. The first-order chi connectivity index (χ1) is 13.1. The molecule has 0 heterocycles. The minimum atomic E-state index is -0.415. The summed E-state index contributed by atoms with van der Waals surface area (Å²) in [5.74, 6) is -0.254. The van der Waals surface area contributed by atoms with E-state index in [4.69, 9.17) is 4.74 Å². The smallest absolute Gasteiger partial charge is 0.343 e. The monoisotopic (exact) mass is 470 g/mol. The molecule has 27 heavy (non-hydrogen) atoms. The van der Waals surface area contributed by atoms with Crippen molar-refractivity contribution in [3.05, 3.63) is 99.1 Å². The van der Waals surface area contributed by atoms with Crippen molar-refractivity contribution in [1.82, 2.24) is 5.43 Å². The number of benzene rings is 3. The first-order valence-corrected chi connectivity index (χ1v) is 9.16. The van der Waals surface area contributed by atoms with Crippen LogP contribution in [0.4, 0.5) is 0 Å². The molecule has 0 atom stereocenters. The van der Waals surface area contributed by atoms with Crippen molar-refractivity contribution in [2.45, 2.75) is 0 Å². The van der Waals surface area contributed by atoms with Crippen molar-refractivity contribution in [2.75, 3.05) is 0 Å². The number of hydrogen-bond donors (Lipinski definition) is 1. The summed E-state index contributed by atoms with van der Waals surface area (Å²) < 4.78 is 6.17. The van der Waals surface area contributed by atoms with Crippen LogP contribution in [0.1, 0.15) is 26.3 Å². The van der Waals surface area contributed by atoms with Gasteiger partial charge in [-0.3, -0.25) is 4.79 Å². The molecule has 1 N–H and O–H groups in total. The highest BCUT2D eigenvalue weighted by molar-refractivity contribution is 14.1. The van der Waals surface area contributed by atoms with Gasteiger partial charge in [0.15, 0.2) is 0 Å². The molecule has 0 unspecified atom stereocenters. The third kappa shape index (κ3) is 5.24. The van der Waals surface area contributed by atoms with E-state index in [1.54, 1.807) is 60.7 Å². The maximum Gasteiger partial charge on any atom is 0.343 e. The average Bonchev–Trinajstić information content (AvgIpc) is 2.70. The maximum atomic E-state index is 12.1. The molecule has 1 amide bonds. The summed E-state index contributed by atoms with van der Waals surface area (Å²) in [4.78, 5) is 24.1. The number of esters is 1. The molecule has 0 bridgehead atoms. The normalized spacial score (nSPS) is 10.6. The van der Waals surface area contributed by atoms with Crippen LogP contribution < -0.4 is 10.2 Å². The second kappa shape index (κ2) is 9.09. The van der Waals surface area contributed by atoms with E-state index in [-0.39, 0.29) is 5.91 Å². The zero-order valence-corrected chi connectivity index (χ0v) is 16.3.